The number of hydrogen-bond donors (Lipinski definition) is 2. The number of hydrogen-bond acceptors (Lipinski definition) is 4. The number of nitrogen functional groups attached to an aromatic ring is 1. The predicted molar refractivity (Wildman–Crippen MR) is 69.2 cm³/mol. The van der Waals surface area contributed by atoms with Crippen LogP contribution in [0.3, 0.4) is 0 Å². The van der Waals surface area contributed by atoms with E-state index in [0.717, 1.165) is 0 Å². The molecule has 1 fully saturated rings. The first kappa shape index (κ1) is 15.4. The molecule has 0 radical (unpaired) electrons. The highest BCUT2D eigenvalue weighted by Crippen LogP contribution is 2.45. The molecular weight excluding hydrogens is 287 g/mol. The topological polar surface area (TPSA) is 91.2 Å². The minimum atomic E-state index is -4.35. The second kappa shape index (κ2) is 5.79. The lowest BCUT2D eigenvalue weighted by atomic mass is 9.76. The van der Waals surface area contributed by atoms with Gasteiger partial charge in [0.25, 0.3) is 0 Å². The monoisotopic (exact) mass is 303 g/mol. The molecule has 0 unspecified atom stereocenters. The molecule has 1 aromatic rings. The lowest BCUT2D eigenvalue weighted by Gasteiger charge is -2.35. The van der Waals surface area contributed by atoms with Gasteiger partial charge < -0.3 is 16.2 Å². The fraction of sp³-hybridized carbons (Fsp3) is 0.538. The van der Waals surface area contributed by atoms with E-state index in [1.165, 1.54) is 12.4 Å². The van der Waals surface area contributed by atoms with Crippen molar-refractivity contribution in [1.82, 2.24) is 4.98 Å². The molecule has 21 heavy (non-hydrogen) atoms. The first-order valence-corrected chi connectivity index (χ1v) is 6.49. The van der Waals surface area contributed by atoms with Gasteiger partial charge >= 0.3 is 12.3 Å². The van der Waals surface area contributed by atoms with Crippen LogP contribution in [-0.2, 0) is 4.74 Å². The Morgan fingerprint density at radius 1 is 1.33 bits per heavy atom. The van der Waals surface area contributed by atoms with Gasteiger partial charge in [-0.2, -0.15) is 13.2 Å². The van der Waals surface area contributed by atoms with E-state index >= 15 is 0 Å². The molecule has 3 atom stereocenters. The highest BCUT2D eigenvalue weighted by Gasteiger charge is 2.46. The molecule has 1 saturated carbocycles. The van der Waals surface area contributed by atoms with Crippen LogP contribution in [0.25, 0.3) is 0 Å². The Morgan fingerprint density at radius 3 is 2.62 bits per heavy atom. The fourth-order valence-corrected chi connectivity index (χ4v) is 2.84. The summed E-state index contributed by atoms with van der Waals surface area (Å²) in [7, 11) is 0. The third kappa shape index (κ3) is 3.77. The maximum Gasteiger partial charge on any atom is 0.404 e. The molecule has 0 aliphatic heterocycles. The Hall–Kier alpha value is -1.99. The van der Waals surface area contributed by atoms with Gasteiger partial charge in [-0.1, -0.05) is 0 Å². The molecule has 0 saturated heterocycles. The molecule has 4 N–H and O–H groups in total. The minimum absolute atomic E-state index is 0.0870. The Kier molecular flexibility index (Phi) is 4.24. The standard InChI is InChI=1S/C13H16F3N3O2/c14-13(15,16)8-3-7(4-9(5-8)21-12(18)20)10-1-2-19-6-11(10)17/h1-2,6-9H,3-5,17H2,(H2,18,20)/t7-,8+,9-/m1/s1. The maximum absolute atomic E-state index is 13.0. The molecule has 1 heterocycles. The summed E-state index contributed by atoms with van der Waals surface area (Å²) in [4.78, 5) is 14.6. The Labute approximate surface area is 119 Å². The van der Waals surface area contributed by atoms with Gasteiger partial charge in [0.05, 0.1) is 17.8 Å². The summed E-state index contributed by atoms with van der Waals surface area (Å²) in [6.45, 7) is 0. The average molecular weight is 303 g/mol. The molecule has 1 aliphatic carbocycles. The van der Waals surface area contributed by atoms with Crippen LogP contribution < -0.4 is 11.5 Å². The largest absolute Gasteiger partial charge is 0.446 e. The number of nitrogens with zero attached hydrogens (tertiary/aromatic N) is 1. The van der Waals surface area contributed by atoms with E-state index in [-0.39, 0.29) is 19.3 Å². The van der Waals surface area contributed by atoms with Crippen molar-refractivity contribution in [3.63, 3.8) is 0 Å². The number of aromatic nitrogens is 1. The number of primary amides is 1. The molecule has 1 amide bonds. The van der Waals surface area contributed by atoms with Crippen molar-refractivity contribution >= 4 is 11.8 Å². The van der Waals surface area contributed by atoms with Gasteiger partial charge in [-0.25, -0.2) is 4.79 Å². The van der Waals surface area contributed by atoms with Gasteiger partial charge in [-0.15, -0.1) is 0 Å². The smallest absolute Gasteiger partial charge is 0.404 e. The minimum Gasteiger partial charge on any atom is -0.446 e. The zero-order valence-electron chi connectivity index (χ0n) is 11.1. The quantitative estimate of drug-likeness (QED) is 0.878. The van der Waals surface area contributed by atoms with Crippen LogP contribution in [-0.4, -0.2) is 23.4 Å². The van der Waals surface area contributed by atoms with Crippen LogP contribution in [0.1, 0.15) is 30.7 Å². The number of ether oxygens (including phenoxy) is 1. The Bertz CT molecular complexity index is 522. The second-order valence-corrected chi connectivity index (χ2v) is 5.21. The SMILES string of the molecule is NC(=O)O[C@@H]1C[C@H](c2ccncc2N)C[C@H](C(F)(F)F)C1. The van der Waals surface area contributed by atoms with Crippen molar-refractivity contribution in [3.05, 3.63) is 24.0 Å². The van der Waals surface area contributed by atoms with Gasteiger partial charge in [0.1, 0.15) is 6.10 Å². The molecule has 8 heteroatoms. The number of carbonyl (C=O) groups is 1. The van der Waals surface area contributed by atoms with E-state index in [1.807, 2.05) is 0 Å². The lowest BCUT2D eigenvalue weighted by Crippen LogP contribution is -2.37. The van der Waals surface area contributed by atoms with E-state index in [9.17, 15) is 18.0 Å². The lowest BCUT2D eigenvalue weighted by molar-refractivity contribution is -0.191. The molecule has 0 aromatic carbocycles. The fourth-order valence-electron chi connectivity index (χ4n) is 2.84. The van der Waals surface area contributed by atoms with Crippen molar-refractivity contribution < 1.29 is 22.7 Å². The third-order valence-electron chi connectivity index (χ3n) is 3.74. The molecule has 1 aromatic heterocycles. The van der Waals surface area contributed by atoms with Crippen molar-refractivity contribution in [2.75, 3.05) is 5.73 Å². The van der Waals surface area contributed by atoms with Crippen molar-refractivity contribution in [3.8, 4) is 0 Å². The molecule has 1 aliphatic rings. The highest BCUT2D eigenvalue weighted by molar-refractivity contribution is 5.64. The summed E-state index contributed by atoms with van der Waals surface area (Å²) >= 11 is 0. The second-order valence-electron chi connectivity index (χ2n) is 5.21. The van der Waals surface area contributed by atoms with Crippen LogP contribution in [0.2, 0.25) is 0 Å². The molecule has 0 spiro atoms. The zero-order chi connectivity index (χ0) is 15.6. The highest BCUT2D eigenvalue weighted by atomic mass is 19.4. The van der Waals surface area contributed by atoms with Crippen LogP contribution >= 0.6 is 0 Å². The molecule has 5 nitrogen and oxygen atoms in total. The van der Waals surface area contributed by atoms with Crippen molar-refractivity contribution in [2.24, 2.45) is 11.7 Å². The first-order chi connectivity index (χ1) is 9.77. The number of halogens is 3. The normalized spacial score (nSPS) is 26.3. The third-order valence-corrected chi connectivity index (χ3v) is 3.74. The number of rotatable bonds is 2. The summed E-state index contributed by atoms with van der Waals surface area (Å²) in [5.74, 6) is -1.99. The van der Waals surface area contributed by atoms with Crippen LogP contribution in [0.4, 0.5) is 23.7 Å². The summed E-state index contributed by atoms with van der Waals surface area (Å²) < 4.78 is 43.9. The Balaban J connectivity index is 2.24. The van der Waals surface area contributed by atoms with Crippen LogP contribution in [0, 0.1) is 5.92 Å². The number of alkyl halides is 3. The van der Waals surface area contributed by atoms with E-state index in [2.05, 4.69) is 4.98 Å². The van der Waals surface area contributed by atoms with Crippen molar-refractivity contribution in [2.45, 2.75) is 37.5 Å². The average Bonchev–Trinajstić information content (AvgIpc) is 2.37. The van der Waals surface area contributed by atoms with Gasteiger partial charge in [0.2, 0.25) is 0 Å². The van der Waals surface area contributed by atoms with E-state index < -0.39 is 30.2 Å². The molecule has 0 bridgehead atoms. The predicted octanol–water partition coefficient (Wildman–Crippen LogP) is 2.57. The number of pyridine rings is 1. The summed E-state index contributed by atoms with van der Waals surface area (Å²) in [5.41, 5.74) is 11.6. The molecule has 116 valence electrons. The maximum atomic E-state index is 13.0. The number of carbonyl (C=O) groups excluding carboxylic acids is 1. The van der Waals surface area contributed by atoms with Crippen LogP contribution in [0.15, 0.2) is 18.5 Å². The van der Waals surface area contributed by atoms with Crippen LogP contribution in [0.5, 0.6) is 0 Å². The van der Waals surface area contributed by atoms with Gasteiger partial charge in [0.15, 0.2) is 0 Å². The summed E-state index contributed by atoms with van der Waals surface area (Å²) in [5, 5.41) is 0. The van der Waals surface area contributed by atoms with E-state index in [0.29, 0.717) is 11.3 Å². The molecular formula is C13H16F3N3O2. The van der Waals surface area contributed by atoms with E-state index in [1.54, 1.807) is 6.07 Å². The molecule has 2 rings (SSSR count). The number of anilines is 1. The van der Waals surface area contributed by atoms with Crippen molar-refractivity contribution in [1.29, 1.82) is 0 Å². The summed E-state index contributed by atoms with van der Waals surface area (Å²) in [6.07, 6.45) is -3.48. The summed E-state index contributed by atoms with van der Waals surface area (Å²) in [6, 6.07) is 1.60. The van der Waals surface area contributed by atoms with Gasteiger partial charge in [-0.05, 0) is 36.8 Å². The first-order valence-electron chi connectivity index (χ1n) is 6.49. The van der Waals surface area contributed by atoms with E-state index in [4.69, 9.17) is 16.2 Å². The van der Waals surface area contributed by atoms with Gasteiger partial charge in [-0.3, -0.25) is 4.98 Å². The number of amides is 1. The number of nitrogens with two attached hydrogens (primary N) is 2. The Morgan fingerprint density at radius 2 is 2.05 bits per heavy atom. The van der Waals surface area contributed by atoms with Gasteiger partial charge in [0, 0.05) is 6.20 Å². The zero-order valence-corrected chi connectivity index (χ0v) is 11.1.